The van der Waals surface area contributed by atoms with Crippen molar-refractivity contribution in [1.82, 2.24) is 4.90 Å². The number of esters is 2. The molecule has 1 aliphatic heterocycles. The van der Waals surface area contributed by atoms with E-state index in [0.717, 1.165) is 95.4 Å². The highest BCUT2D eigenvalue weighted by Gasteiger charge is 2.47. The van der Waals surface area contributed by atoms with Crippen LogP contribution in [0.2, 0.25) is 0 Å². The molecule has 218 valence electrons. The number of ether oxygens (including phenoxy) is 4. The average Bonchev–Trinajstić information content (AvgIpc) is 3.28. The third-order valence-corrected chi connectivity index (χ3v) is 8.89. The number of carbonyl (C=O) groups excluding carboxylic acids is 2. The van der Waals surface area contributed by atoms with Gasteiger partial charge in [0.05, 0.1) is 32.8 Å². The molecule has 0 spiro atoms. The molecule has 1 aromatic carbocycles. The van der Waals surface area contributed by atoms with Crippen LogP contribution in [-0.2, 0) is 36.6 Å². The smallest absolute Gasteiger partial charge is 0.343 e. The summed E-state index contributed by atoms with van der Waals surface area (Å²) >= 11 is 0. The maximum Gasteiger partial charge on any atom is 0.343 e. The van der Waals surface area contributed by atoms with E-state index in [1.807, 2.05) is 12.1 Å². The second-order valence-electron chi connectivity index (χ2n) is 11.4. The van der Waals surface area contributed by atoms with Gasteiger partial charge >= 0.3 is 11.9 Å². The molecule has 5 atom stereocenters. The van der Waals surface area contributed by atoms with E-state index >= 15 is 0 Å². The lowest BCUT2D eigenvalue weighted by Gasteiger charge is -2.33. The fraction of sp³-hybridized carbons (Fsp3) is 0.742. The van der Waals surface area contributed by atoms with E-state index in [2.05, 4.69) is 17.9 Å². The number of nitrogens with zero attached hydrogens (tertiary/aromatic N) is 1. The number of benzene rings is 1. The number of rotatable bonds is 14. The van der Waals surface area contributed by atoms with Crippen LogP contribution in [0.25, 0.3) is 0 Å². The Hall–Kier alpha value is -2.16. The molecular weight excluding hydrogens is 498 g/mol. The summed E-state index contributed by atoms with van der Waals surface area (Å²) in [4.78, 5) is 26.9. The van der Waals surface area contributed by atoms with Gasteiger partial charge in [-0.05, 0) is 73.5 Å². The predicted octanol–water partition coefficient (Wildman–Crippen LogP) is 3.94. The number of aliphatic hydroxyl groups is 1. The average molecular weight is 546 g/mol. The van der Waals surface area contributed by atoms with Crippen molar-refractivity contribution >= 4 is 11.9 Å². The summed E-state index contributed by atoms with van der Waals surface area (Å²) < 4.78 is 22.2. The van der Waals surface area contributed by atoms with Crippen molar-refractivity contribution in [3.05, 3.63) is 29.3 Å². The molecule has 0 aromatic heterocycles. The lowest BCUT2D eigenvalue weighted by Crippen LogP contribution is -2.38. The maximum atomic E-state index is 13.0. The number of hydrogen-bond acceptors (Lipinski definition) is 8. The van der Waals surface area contributed by atoms with Gasteiger partial charge in [-0.3, -0.25) is 9.69 Å². The van der Waals surface area contributed by atoms with Crippen LogP contribution in [0.4, 0.5) is 0 Å². The fourth-order valence-corrected chi connectivity index (χ4v) is 6.70. The van der Waals surface area contributed by atoms with E-state index in [4.69, 9.17) is 18.9 Å². The molecule has 2 fully saturated rings. The molecule has 8 nitrogen and oxygen atoms in total. The van der Waals surface area contributed by atoms with Gasteiger partial charge in [-0.2, -0.15) is 0 Å². The van der Waals surface area contributed by atoms with Gasteiger partial charge in [0.15, 0.2) is 6.61 Å². The first-order chi connectivity index (χ1) is 19.0. The number of morpholine rings is 1. The van der Waals surface area contributed by atoms with Crippen molar-refractivity contribution in [2.75, 3.05) is 46.6 Å². The first-order valence-electron chi connectivity index (χ1n) is 15.0. The highest BCUT2D eigenvalue weighted by molar-refractivity contribution is 5.71. The Balaban J connectivity index is 1.42. The standard InChI is InChI=1S/C31H47NO7/c1-3-4-5-8-24(33)10-11-25-26-18-22-7-6-9-28(38-21-31(35)36-2)27(22)19-23(26)20-29(25)39-30(34)12-13-32-14-16-37-17-15-32/h6-7,9,23-26,29,33H,3-5,8,10-21H2,1-2H3/t23-,24+,25+,26-,29+/m0/s1. The molecule has 3 aliphatic rings. The second-order valence-corrected chi connectivity index (χ2v) is 11.4. The molecule has 1 heterocycles. The summed E-state index contributed by atoms with van der Waals surface area (Å²) in [5, 5.41) is 10.7. The Morgan fingerprint density at radius 1 is 1.13 bits per heavy atom. The van der Waals surface area contributed by atoms with E-state index in [-0.39, 0.29) is 30.7 Å². The van der Waals surface area contributed by atoms with Crippen molar-refractivity contribution in [3.8, 4) is 5.75 Å². The van der Waals surface area contributed by atoms with Gasteiger partial charge in [0, 0.05) is 19.6 Å². The molecule has 1 saturated carbocycles. The molecule has 1 aromatic rings. The Morgan fingerprint density at radius 3 is 2.72 bits per heavy atom. The zero-order valence-corrected chi connectivity index (χ0v) is 23.8. The predicted molar refractivity (Wildman–Crippen MR) is 148 cm³/mol. The normalized spacial score (nSPS) is 25.4. The Bertz CT molecular complexity index is 932. The molecule has 1 saturated heterocycles. The van der Waals surface area contributed by atoms with Gasteiger partial charge in [0.25, 0.3) is 0 Å². The summed E-state index contributed by atoms with van der Waals surface area (Å²) in [6, 6.07) is 6.05. The minimum absolute atomic E-state index is 0.108. The van der Waals surface area contributed by atoms with Gasteiger partial charge in [0.2, 0.25) is 0 Å². The molecule has 2 aliphatic carbocycles. The van der Waals surface area contributed by atoms with Crippen molar-refractivity contribution in [3.63, 3.8) is 0 Å². The van der Waals surface area contributed by atoms with Gasteiger partial charge in [-0.25, -0.2) is 4.79 Å². The fourth-order valence-electron chi connectivity index (χ4n) is 6.70. The molecule has 4 rings (SSSR count). The molecule has 0 bridgehead atoms. The first kappa shape index (κ1) is 29.8. The summed E-state index contributed by atoms with van der Waals surface area (Å²) in [7, 11) is 1.36. The van der Waals surface area contributed by atoms with E-state index in [0.29, 0.717) is 24.8 Å². The molecule has 39 heavy (non-hydrogen) atoms. The highest BCUT2D eigenvalue weighted by Crippen LogP contribution is 2.49. The van der Waals surface area contributed by atoms with Gasteiger partial charge < -0.3 is 24.1 Å². The topological polar surface area (TPSA) is 94.5 Å². The van der Waals surface area contributed by atoms with E-state index < -0.39 is 5.97 Å². The molecule has 0 unspecified atom stereocenters. The monoisotopic (exact) mass is 545 g/mol. The van der Waals surface area contributed by atoms with Crippen molar-refractivity contribution in [1.29, 1.82) is 0 Å². The zero-order chi connectivity index (χ0) is 27.6. The lowest BCUT2D eigenvalue weighted by atomic mass is 9.73. The van der Waals surface area contributed by atoms with E-state index in [1.165, 1.54) is 12.7 Å². The summed E-state index contributed by atoms with van der Waals surface area (Å²) in [6.07, 6.45) is 8.31. The Kier molecular flexibility index (Phi) is 11.5. The van der Waals surface area contributed by atoms with Crippen molar-refractivity contribution < 1.29 is 33.6 Å². The molecule has 8 heteroatoms. The largest absolute Gasteiger partial charge is 0.482 e. The molecular formula is C31H47NO7. The second kappa shape index (κ2) is 15.0. The molecule has 0 radical (unpaired) electrons. The molecule has 0 amide bonds. The van der Waals surface area contributed by atoms with Gasteiger partial charge in [-0.1, -0.05) is 38.3 Å². The number of unbranched alkanes of at least 4 members (excludes halogenated alkanes) is 2. The van der Waals surface area contributed by atoms with Crippen LogP contribution in [0.3, 0.4) is 0 Å². The summed E-state index contributed by atoms with van der Waals surface area (Å²) in [5.41, 5.74) is 2.40. The van der Waals surface area contributed by atoms with Crippen molar-refractivity contribution in [2.24, 2.45) is 17.8 Å². The van der Waals surface area contributed by atoms with Crippen LogP contribution >= 0.6 is 0 Å². The highest BCUT2D eigenvalue weighted by atomic mass is 16.6. The number of methoxy groups -OCH3 is 1. The quantitative estimate of drug-likeness (QED) is 0.278. The third-order valence-electron chi connectivity index (χ3n) is 8.89. The van der Waals surface area contributed by atoms with Crippen LogP contribution < -0.4 is 4.74 Å². The number of hydrogen-bond donors (Lipinski definition) is 1. The first-order valence-corrected chi connectivity index (χ1v) is 15.0. The Labute approximate surface area is 233 Å². The molecule has 1 N–H and O–H groups in total. The van der Waals surface area contributed by atoms with Crippen molar-refractivity contribution in [2.45, 2.75) is 83.3 Å². The number of fused-ring (bicyclic) bond motifs is 2. The Morgan fingerprint density at radius 2 is 1.95 bits per heavy atom. The van der Waals surface area contributed by atoms with E-state index in [1.54, 1.807) is 0 Å². The summed E-state index contributed by atoms with van der Waals surface area (Å²) in [5.74, 6) is 1.22. The third kappa shape index (κ3) is 8.41. The lowest BCUT2D eigenvalue weighted by molar-refractivity contribution is -0.152. The minimum Gasteiger partial charge on any atom is -0.482 e. The van der Waals surface area contributed by atoms with Crippen LogP contribution in [0, 0.1) is 17.8 Å². The number of aliphatic hydroxyl groups excluding tert-OH is 1. The van der Waals surface area contributed by atoms with Crippen LogP contribution in [0.1, 0.15) is 69.4 Å². The van der Waals surface area contributed by atoms with Crippen LogP contribution in [0.5, 0.6) is 5.75 Å². The van der Waals surface area contributed by atoms with Crippen LogP contribution in [0.15, 0.2) is 18.2 Å². The zero-order valence-electron chi connectivity index (χ0n) is 23.8. The van der Waals surface area contributed by atoms with Gasteiger partial charge in [0.1, 0.15) is 11.9 Å². The minimum atomic E-state index is -0.399. The maximum absolute atomic E-state index is 13.0. The number of carbonyl (C=O) groups is 2. The summed E-state index contributed by atoms with van der Waals surface area (Å²) in [6.45, 7) is 5.93. The van der Waals surface area contributed by atoms with Crippen LogP contribution in [-0.4, -0.2) is 80.7 Å². The SMILES string of the molecule is CCCCC[C@@H](O)CC[C@@H]1[C@H]2Cc3cccc(OCC(=O)OC)c3C[C@H]2C[C@H]1OC(=O)CCN1CCOCC1. The van der Waals surface area contributed by atoms with Gasteiger partial charge in [-0.15, -0.1) is 0 Å². The van der Waals surface area contributed by atoms with E-state index in [9.17, 15) is 14.7 Å².